The van der Waals surface area contributed by atoms with Gasteiger partial charge in [0.15, 0.2) is 0 Å². The van der Waals surface area contributed by atoms with Gasteiger partial charge in [-0.3, -0.25) is 4.79 Å². The molecule has 2 rings (SSSR count). The van der Waals surface area contributed by atoms with Crippen molar-refractivity contribution in [2.75, 3.05) is 0 Å². The van der Waals surface area contributed by atoms with Gasteiger partial charge in [-0.15, -0.1) is 0 Å². The van der Waals surface area contributed by atoms with Crippen molar-refractivity contribution < 1.29 is 8.78 Å². The maximum absolute atomic E-state index is 13.7. The zero-order chi connectivity index (χ0) is 13.3. The Labute approximate surface area is 103 Å². The van der Waals surface area contributed by atoms with E-state index >= 15 is 0 Å². The van der Waals surface area contributed by atoms with Gasteiger partial charge in [0.1, 0.15) is 17.5 Å². The third kappa shape index (κ3) is 2.16. The van der Waals surface area contributed by atoms with Gasteiger partial charge >= 0.3 is 0 Å². The molecule has 0 bridgehead atoms. The molecule has 0 saturated heterocycles. The zero-order valence-electron chi connectivity index (χ0n) is 10.1. The third-order valence-electron chi connectivity index (χ3n) is 2.72. The van der Waals surface area contributed by atoms with Gasteiger partial charge in [0, 0.05) is 23.6 Å². The Morgan fingerprint density at radius 3 is 2.67 bits per heavy atom. The van der Waals surface area contributed by atoms with Crippen LogP contribution in [0.3, 0.4) is 0 Å². The van der Waals surface area contributed by atoms with Crippen molar-refractivity contribution in [3.8, 4) is 11.3 Å². The van der Waals surface area contributed by atoms with Gasteiger partial charge in [-0.1, -0.05) is 6.92 Å². The number of aromatic nitrogens is 2. The molecule has 3 nitrogen and oxygen atoms in total. The molecule has 1 heterocycles. The number of hydrogen-bond donors (Lipinski definition) is 1. The predicted octanol–water partition coefficient (Wildman–Crippen LogP) is 2.59. The van der Waals surface area contributed by atoms with Gasteiger partial charge in [-0.05, 0) is 19.1 Å². The highest BCUT2D eigenvalue weighted by Gasteiger charge is 2.13. The van der Waals surface area contributed by atoms with Crippen molar-refractivity contribution in [3.05, 3.63) is 51.6 Å². The van der Waals surface area contributed by atoms with E-state index in [1.54, 1.807) is 6.92 Å². The summed E-state index contributed by atoms with van der Waals surface area (Å²) < 4.78 is 26.6. The fourth-order valence-corrected chi connectivity index (χ4v) is 1.69. The topological polar surface area (TPSA) is 45.8 Å². The quantitative estimate of drug-likeness (QED) is 0.890. The standard InChI is InChI=1S/C13H12F2N2O/c1-3-11-16-12(7(2)13(18)17-11)9-5-4-8(14)6-10(9)15/h4-6H,3H2,1-2H3,(H,16,17,18). The van der Waals surface area contributed by atoms with Crippen LogP contribution in [0.2, 0.25) is 0 Å². The molecule has 0 fully saturated rings. The Morgan fingerprint density at radius 2 is 2.06 bits per heavy atom. The van der Waals surface area contributed by atoms with E-state index in [4.69, 9.17) is 0 Å². The summed E-state index contributed by atoms with van der Waals surface area (Å²) in [5.74, 6) is -0.906. The summed E-state index contributed by atoms with van der Waals surface area (Å²) in [5, 5.41) is 0. The number of nitrogens with zero attached hydrogens (tertiary/aromatic N) is 1. The number of benzene rings is 1. The third-order valence-corrected chi connectivity index (χ3v) is 2.72. The van der Waals surface area contributed by atoms with Gasteiger partial charge in [0.25, 0.3) is 5.56 Å². The van der Waals surface area contributed by atoms with Crippen LogP contribution < -0.4 is 5.56 Å². The van der Waals surface area contributed by atoms with Crippen LogP contribution in [0.1, 0.15) is 18.3 Å². The molecule has 1 aromatic carbocycles. The molecule has 0 spiro atoms. The van der Waals surface area contributed by atoms with Gasteiger partial charge in [0.2, 0.25) is 0 Å². The number of aryl methyl sites for hydroxylation is 1. The summed E-state index contributed by atoms with van der Waals surface area (Å²) in [7, 11) is 0. The minimum absolute atomic E-state index is 0.134. The Kier molecular flexibility index (Phi) is 3.23. The van der Waals surface area contributed by atoms with E-state index in [1.807, 2.05) is 6.92 Å². The molecule has 0 atom stereocenters. The van der Waals surface area contributed by atoms with Crippen molar-refractivity contribution in [2.24, 2.45) is 0 Å². The van der Waals surface area contributed by atoms with Crippen LogP contribution in [-0.4, -0.2) is 9.97 Å². The molecule has 2 aromatic rings. The fourth-order valence-electron chi connectivity index (χ4n) is 1.69. The van der Waals surface area contributed by atoms with E-state index in [0.717, 1.165) is 12.1 Å². The molecule has 5 heteroatoms. The smallest absolute Gasteiger partial charge is 0.254 e. The van der Waals surface area contributed by atoms with Crippen molar-refractivity contribution in [2.45, 2.75) is 20.3 Å². The van der Waals surface area contributed by atoms with Crippen LogP contribution in [0.15, 0.2) is 23.0 Å². The molecule has 0 aliphatic heterocycles. The lowest BCUT2D eigenvalue weighted by Crippen LogP contribution is -2.16. The highest BCUT2D eigenvalue weighted by molar-refractivity contribution is 5.63. The molecule has 0 aliphatic carbocycles. The molecular weight excluding hydrogens is 238 g/mol. The van der Waals surface area contributed by atoms with Crippen LogP contribution >= 0.6 is 0 Å². The summed E-state index contributed by atoms with van der Waals surface area (Å²) in [5.41, 5.74) is 0.404. The Bertz CT molecular complexity index is 650. The molecule has 1 aromatic heterocycles. The largest absolute Gasteiger partial charge is 0.310 e. The molecular formula is C13H12F2N2O. The second-order valence-corrected chi connectivity index (χ2v) is 3.96. The summed E-state index contributed by atoms with van der Waals surface area (Å²) in [4.78, 5) is 18.5. The van der Waals surface area contributed by atoms with Gasteiger partial charge in [-0.25, -0.2) is 13.8 Å². The van der Waals surface area contributed by atoms with Crippen LogP contribution in [0.25, 0.3) is 11.3 Å². The van der Waals surface area contributed by atoms with Crippen molar-refractivity contribution in [1.29, 1.82) is 0 Å². The lowest BCUT2D eigenvalue weighted by Gasteiger charge is -2.07. The molecule has 0 amide bonds. The average Bonchev–Trinajstić information content (AvgIpc) is 2.33. The first kappa shape index (κ1) is 12.4. The SMILES string of the molecule is CCc1nc(-c2ccc(F)cc2F)c(C)c(=O)[nH]1. The minimum Gasteiger partial charge on any atom is -0.310 e. The Balaban J connectivity index is 2.70. The molecule has 0 unspecified atom stereocenters. The second-order valence-electron chi connectivity index (χ2n) is 3.96. The summed E-state index contributed by atoms with van der Waals surface area (Å²) in [6.07, 6.45) is 0.533. The fraction of sp³-hybridized carbons (Fsp3) is 0.231. The van der Waals surface area contributed by atoms with E-state index in [1.165, 1.54) is 6.07 Å². The van der Waals surface area contributed by atoms with Gasteiger partial charge in [0.05, 0.1) is 5.69 Å². The monoisotopic (exact) mass is 250 g/mol. The maximum atomic E-state index is 13.7. The van der Waals surface area contributed by atoms with Crippen LogP contribution in [0.4, 0.5) is 8.78 Å². The van der Waals surface area contributed by atoms with Crippen molar-refractivity contribution in [1.82, 2.24) is 9.97 Å². The van der Waals surface area contributed by atoms with E-state index in [2.05, 4.69) is 9.97 Å². The first-order chi connectivity index (χ1) is 8.52. The number of nitrogens with one attached hydrogen (secondary N) is 1. The average molecular weight is 250 g/mol. The first-order valence-electron chi connectivity index (χ1n) is 5.58. The molecule has 0 aliphatic rings. The molecule has 0 saturated carbocycles. The van der Waals surface area contributed by atoms with Gasteiger partial charge in [-0.2, -0.15) is 0 Å². The van der Waals surface area contributed by atoms with E-state index in [0.29, 0.717) is 17.8 Å². The zero-order valence-corrected chi connectivity index (χ0v) is 10.1. The number of rotatable bonds is 2. The minimum atomic E-state index is -0.724. The molecule has 94 valence electrons. The van der Waals surface area contributed by atoms with E-state index in [-0.39, 0.29) is 16.8 Å². The first-order valence-corrected chi connectivity index (χ1v) is 5.58. The number of aromatic amines is 1. The molecule has 0 radical (unpaired) electrons. The van der Waals surface area contributed by atoms with Crippen molar-refractivity contribution >= 4 is 0 Å². The van der Waals surface area contributed by atoms with Crippen LogP contribution in [0.5, 0.6) is 0 Å². The highest BCUT2D eigenvalue weighted by atomic mass is 19.1. The van der Waals surface area contributed by atoms with Crippen LogP contribution in [-0.2, 0) is 6.42 Å². The highest BCUT2D eigenvalue weighted by Crippen LogP contribution is 2.23. The molecule has 1 N–H and O–H groups in total. The van der Waals surface area contributed by atoms with Gasteiger partial charge < -0.3 is 4.98 Å². The predicted molar refractivity (Wildman–Crippen MR) is 64.3 cm³/mol. The number of halogens is 2. The summed E-state index contributed by atoms with van der Waals surface area (Å²) in [6.45, 7) is 3.39. The lowest BCUT2D eigenvalue weighted by atomic mass is 10.1. The summed E-state index contributed by atoms with van der Waals surface area (Å²) >= 11 is 0. The van der Waals surface area contributed by atoms with E-state index in [9.17, 15) is 13.6 Å². The Morgan fingerprint density at radius 1 is 1.33 bits per heavy atom. The molecule has 18 heavy (non-hydrogen) atoms. The van der Waals surface area contributed by atoms with E-state index < -0.39 is 11.6 Å². The number of H-pyrrole nitrogens is 1. The number of hydrogen-bond acceptors (Lipinski definition) is 2. The normalized spacial score (nSPS) is 10.7. The Hall–Kier alpha value is -2.04. The van der Waals surface area contributed by atoms with Crippen LogP contribution in [0, 0.1) is 18.6 Å². The summed E-state index contributed by atoms with van der Waals surface area (Å²) in [6, 6.07) is 3.22. The second kappa shape index (κ2) is 4.68. The lowest BCUT2D eigenvalue weighted by molar-refractivity contribution is 0.585. The maximum Gasteiger partial charge on any atom is 0.254 e. The van der Waals surface area contributed by atoms with Crippen molar-refractivity contribution in [3.63, 3.8) is 0 Å².